The molecule has 0 aromatic heterocycles. The maximum absolute atomic E-state index is 9.35. The molecule has 1 heterocycles. The number of rotatable bonds is 14. The van der Waals surface area contributed by atoms with Gasteiger partial charge in [0.15, 0.2) is 5.79 Å². The molecule has 2 unspecified atom stereocenters. The normalized spacial score (nSPS) is 23.5. The van der Waals surface area contributed by atoms with Crippen LogP contribution in [0.3, 0.4) is 0 Å². The van der Waals surface area contributed by atoms with Gasteiger partial charge in [-0.2, -0.15) is 0 Å². The second kappa shape index (κ2) is 12.3. The van der Waals surface area contributed by atoms with E-state index in [0.717, 1.165) is 6.42 Å². The van der Waals surface area contributed by atoms with Gasteiger partial charge in [-0.05, 0) is 20.3 Å². The average molecular weight is 329 g/mol. The van der Waals surface area contributed by atoms with Crippen molar-refractivity contribution in [2.45, 2.75) is 122 Å². The van der Waals surface area contributed by atoms with Gasteiger partial charge in [0.25, 0.3) is 0 Å². The largest absolute Gasteiger partial charge is 0.394 e. The summed E-state index contributed by atoms with van der Waals surface area (Å²) in [4.78, 5) is 0. The number of hydrogen-bond donors (Lipinski definition) is 1. The third-order valence-electron chi connectivity index (χ3n) is 4.81. The number of aliphatic hydroxyl groups is 1. The number of hydrogen-bond acceptors (Lipinski definition) is 3. The van der Waals surface area contributed by atoms with E-state index in [1.807, 2.05) is 13.8 Å². The number of aliphatic hydroxyl groups excluding tert-OH is 1. The Labute approximate surface area is 144 Å². The lowest BCUT2D eigenvalue weighted by molar-refractivity contribution is -0.149. The summed E-state index contributed by atoms with van der Waals surface area (Å²) in [6.07, 6.45) is 17.3. The molecule has 1 aliphatic heterocycles. The van der Waals surface area contributed by atoms with Crippen molar-refractivity contribution in [2.75, 3.05) is 6.61 Å². The molecule has 0 aliphatic carbocycles. The monoisotopic (exact) mass is 328 g/mol. The fourth-order valence-corrected chi connectivity index (χ4v) is 3.49. The summed E-state index contributed by atoms with van der Waals surface area (Å²) in [5.74, 6) is -0.533. The second-order valence-electron chi connectivity index (χ2n) is 7.57. The standard InChI is InChI=1S/C20H40O3/c1-4-5-6-7-8-9-10-11-12-13-14-15-16-18-19(17-21)23-20(2,3)22-18/h18-19,21H,4-17H2,1-3H3. The van der Waals surface area contributed by atoms with E-state index in [4.69, 9.17) is 9.47 Å². The zero-order valence-electron chi connectivity index (χ0n) is 15.8. The van der Waals surface area contributed by atoms with Gasteiger partial charge in [0.2, 0.25) is 0 Å². The average Bonchev–Trinajstić information content (AvgIpc) is 2.82. The Hall–Kier alpha value is -0.120. The molecular weight excluding hydrogens is 288 g/mol. The van der Waals surface area contributed by atoms with Gasteiger partial charge in [0.05, 0.1) is 12.7 Å². The Kier molecular flexibility index (Phi) is 11.2. The van der Waals surface area contributed by atoms with Gasteiger partial charge >= 0.3 is 0 Å². The molecule has 0 bridgehead atoms. The van der Waals surface area contributed by atoms with Gasteiger partial charge in [-0.3, -0.25) is 0 Å². The van der Waals surface area contributed by atoms with E-state index in [2.05, 4.69) is 6.92 Å². The van der Waals surface area contributed by atoms with Crippen molar-refractivity contribution in [1.29, 1.82) is 0 Å². The van der Waals surface area contributed by atoms with Crippen LogP contribution in [0, 0.1) is 0 Å². The van der Waals surface area contributed by atoms with Gasteiger partial charge in [0, 0.05) is 0 Å². The molecule has 1 saturated heterocycles. The van der Waals surface area contributed by atoms with E-state index in [9.17, 15) is 5.11 Å². The van der Waals surface area contributed by atoms with Gasteiger partial charge in [-0.15, -0.1) is 0 Å². The maximum atomic E-state index is 9.35. The molecule has 1 rings (SSSR count). The van der Waals surface area contributed by atoms with Crippen LogP contribution in [0.1, 0.15) is 104 Å². The van der Waals surface area contributed by atoms with Crippen LogP contribution in [0.4, 0.5) is 0 Å². The van der Waals surface area contributed by atoms with Crippen LogP contribution < -0.4 is 0 Å². The minimum absolute atomic E-state index is 0.0619. The summed E-state index contributed by atoms with van der Waals surface area (Å²) in [7, 11) is 0. The van der Waals surface area contributed by atoms with Gasteiger partial charge < -0.3 is 14.6 Å². The minimum atomic E-state index is -0.533. The topological polar surface area (TPSA) is 38.7 Å². The highest BCUT2D eigenvalue weighted by Crippen LogP contribution is 2.30. The van der Waals surface area contributed by atoms with Crippen LogP contribution in [-0.4, -0.2) is 29.7 Å². The molecule has 1 N–H and O–H groups in total. The first kappa shape index (κ1) is 20.9. The van der Waals surface area contributed by atoms with Crippen molar-refractivity contribution >= 4 is 0 Å². The van der Waals surface area contributed by atoms with Crippen molar-refractivity contribution in [3.05, 3.63) is 0 Å². The van der Waals surface area contributed by atoms with Crippen LogP contribution in [-0.2, 0) is 9.47 Å². The van der Waals surface area contributed by atoms with Gasteiger partial charge in [-0.25, -0.2) is 0 Å². The van der Waals surface area contributed by atoms with Crippen molar-refractivity contribution < 1.29 is 14.6 Å². The Morgan fingerprint density at radius 3 is 1.61 bits per heavy atom. The van der Waals surface area contributed by atoms with Crippen LogP contribution in [0.2, 0.25) is 0 Å². The maximum Gasteiger partial charge on any atom is 0.163 e. The Morgan fingerprint density at radius 1 is 0.696 bits per heavy atom. The third kappa shape index (κ3) is 9.69. The quantitative estimate of drug-likeness (QED) is 0.422. The van der Waals surface area contributed by atoms with Gasteiger partial charge in [-0.1, -0.05) is 84.0 Å². The molecule has 0 radical (unpaired) electrons. The summed E-state index contributed by atoms with van der Waals surface area (Å²) in [6, 6.07) is 0. The number of unbranched alkanes of at least 4 members (excludes halogenated alkanes) is 11. The Bertz CT molecular complexity index is 278. The molecule has 1 fully saturated rings. The molecule has 0 aromatic rings. The van der Waals surface area contributed by atoms with E-state index in [0.29, 0.717) is 0 Å². The molecular formula is C20H40O3. The van der Waals surface area contributed by atoms with Crippen LogP contribution in [0.15, 0.2) is 0 Å². The third-order valence-corrected chi connectivity index (χ3v) is 4.81. The summed E-state index contributed by atoms with van der Waals surface area (Å²) in [5, 5.41) is 9.35. The first-order valence-corrected chi connectivity index (χ1v) is 10.1. The molecule has 1 aliphatic rings. The lowest BCUT2D eigenvalue weighted by Crippen LogP contribution is -2.26. The zero-order chi connectivity index (χ0) is 17.0. The lowest BCUT2D eigenvalue weighted by Gasteiger charge is -2.16. The molecule has 0 amide bonds. The summed E-state index contributed by atoms with van der Waals surface area (Å²) < 4.78 is 11.6. The highest BCUT2D eigenvalue weighted by Gasteiger charge is 2.40. The van der Waals surface area contributed by atoms with Crippen LogP contribution >= 0.6 is 0 Å². The van der Waals surface area contributed by atoms with Crippen molar-refractivity contribution in [3.8, 4) is 0 Å². The fraction of sp³-hybridized carbons (Fsp3) is 1.00. The van der Waals surface area contributed by atoms with Crippen LogP contribution in [0.25, 0.3) is 0 Å². The Morgan fingerprint density at radius 2 is 1.13 bits per heavy atom. The Balaban J connectivity index is 1.88. The van der Waals surface area contributed by atoms with Crippen LogP contribution in [0.5, 0.6) is 0 Å². The molecule has 3 nitrogen and oxygen atoms in total. The molecule has 138 valence electrons. The molecule has 3 heteroatoms. The first-order valence-electron chi connectivity index (χ1n) is 10.1. The highest BCUT2D eigenvalue weighted by molar-refractivity contribution is 4.80. The van der Waals surface area contributed by atoms with Crippen molar-refractivity contribution in [3.63, 3.8) is 0 Å². The molecule has 2 atom stereocenters. The first-order chi connectivity index (χ1) is 11.1. The summed E-state index contributed by atoms with van der Waals surface area (Å²) in [6.45, 7) is 6.19. The lowest BCUT2D eigenvalue weighted by atomic mass is 10.0. The predicted octanol–water partition coefficient (Wildman–Crippen LogP) is 5.59. The van der Waals surface area contributed by atoms with E-state index < -0.39 is 5.79 Å². The highest BCUT2D eigenvalue weighted by atomic mass is 16.8. The van der Waals surface area contributed by atoms with E-state index in [1.165, 1.54) is 77.0 Å². The number of ether oxygens (including phenoxy) is 2. The molecule has 0 saturated carbocycles. The molecule has 0 spiro atoms. The predicted molar refractivity (Wildman–Crippen MR) is 96.6 cm³/mol. The van der Waals surface area contributed by atoms with E-state index in [-0.39, 0.29) is 18.8 Å². The fourth-order valence-electron chi connectivity index (χ4n) is 3.49. The second-order valence-corrected chi connectivity index (χ2v) is 7.57. The smallest absolute Gasteiger partial charge is 0.163 e. The van der Waals surface area contributed by atoms with Gasteiger partial charge in [0.1, 0.15) is 6.10 Å². The molecule has 23 heavy (non-hydrogen) atoms. The van der Waals surface area contributed by atoms with Crippen molar-refractivity contribution in [1.82, 2.24) is 0 Å². The SMILES string of the molecule is CCCCCCCCCCCCCCC1OC(C)(C)OC1CO. The minimum Gasteiger partial charge on any atom is -0.394 e. The van der Waals surface area contributed by atoms with E-state index in [1.54, 1.807) is 0 Å². The summed E-state index contributed by atoms with van der Waals surface area (Å²) in [5.41, 5.74) is 0. The van der Waals surface area contributed by atoms with Crippen molar-refractivity contribution in [2.24, 2.45) is 0 Å². The zero-order valence-corrected chi connectivity index (χ0v) is 15.8. The summed E-state index contributed by atoms with van der Waals surface area (Å²) >= 11 is 0. The molecule has 0 aromatic carbocycles. The van der Waals surface area contributed by atoms with E-state index >= 15 is 0 Å².